The van der Waals surface area contributed by atoms with Crippen LogP contribution >= 0.6 is 11.6 Å². The van der Waals surface area contributed by atoms with Crippen LogP contribution in [0.15, 0.2) is 30.5 Å². The fourth-order valence-electron chi connectivity index (χ4n) is 1.39. The van der Waals surface area contributed by atoms with Gasteiger partial charge in [-0.25, -0.2) is 9.37 Å². The van der Waals surface area contributed by atoms with Gasteiger partial charge in [-0.3, -0.25) is 0 Å². The van der Waals surface area contributed by atoms with Crippen LogP contribution in [0.1, 0.15) is 11.1 Å². The van der Waals surface area contributed by atoms with Crippen molar-refractivity contribution in [2.75, 3.05) is 0 Å². The predicted molar refractivity (Wildman–Crippen MR) is 62.8 cm³/mol. The maximum atomic E-state index is 13.5. The van der Waals surface area contributed by atoms with Crippen molar-refractivity contribution in [2.24, 2.45) is 0 Å². The van der Waals surface area contributed by atoms with E-state index in [-0.39, 0.29) is 23.3 Å². The van der Waals surface area contributed by atoms with Gasteiger partial charge in [0.1, 0.15) is 12.4 Å². The summed E-state index contributed by atoms with van der Waals surface area (Å²) in [6, 6.07) is 3.62. The minimum atomic E-state index is -4.58. The van der Waals surface area contributed by atoms with Crippen LogP contribution in [-0.2, 0) is 12.8 Å². The fraction of sp³-hybridized carbons (Fsp3) is 0.167. The van der Waals surface area contributed by atoms with E-state index in [0.29, 0.717) is 6.07 Å². The molecule has 1 aromatic heterocycles. The van der Waals surface area contributed by atoms with Gasteiger partial charge in [0, 0.05) is 17.8 Å². The van der Waals surface area contributed by atoms with E-state index in [2.05, 4.69) is 9.97 Å². The summed E-state index contributed by atoms with van der Waals surface area (Å²) >= 11 is 5.53. The normalized spacial score (nSPS) is 11.4. The van der Waals surface area contributed by atoms with Crippen LogP contribution in [0.2, 0.25) is 5.28 Å². The summed E-state index contributed by atoms with van der Waals surface area (Å²) in [5.74, 6) is -0.899. The largest absolute Gasteiger partial charge is 0.473 e. The Morgan fingerprint density at radius 2 is 1.95 bits per heavy atom. The first-order valence-electron chi connectivity index (χ1n) is 5.33. The lowest BCUT2D eigenvalue weighted by Gasteiger charge is -2.10. The van der Waals surface area contributed by atoms with Gasteiger partial charge in [-0.15, -0.1) is 0 Å². The maximum Gasteiger partial charge on any atom is 0.416 e. The SMILES string of the molecule is Fc1cc(C(F)(F)F)ccc1COc1ccnc(Cl)n1. The Hall–Kier alpha value is -1.89. The zero-order valence-corrected chi connectivity index (χ0v) is 10.5. The van der Waals surface area contributed by atoms with Gasteiger partial charge in [0.25, 0.3) is 0 Å². The number of hydrogen-bond donors (Lipinski definition) is 0. The molecule has 0 fully saturated rings. The van der Waals surface area contributed by atoms with Gasteiger partial charge >= 0.3 is 6.18 Å². The molecule has 0 atom stereocenters. The zero-order valence-electron chi connectivity index (χ0n) is 9.79. The molecule has 0 aliphatic carbocycles. The number of halogens is 5. The lowest BCUT2D eigenvalue weighted by Crippen LogP contribution is -2.07. The van der Waals surface area contributed by atoms with Gasteiger partial charge in [-0.05, 0) is 23.7 Å². The molecular weight excluding hydrogens is 300 g/mol. The molecule has 1 heterocycles. The van der Waals surface area contributed by atoms with Crippen molar-refractivity contribution in [3.8, 4) is 5.88 Å². The minimum absolute atomic E-state index is 0.0206. The summed E-state index contributed by atoms with van der Waals surface area (Å²) < 4.78 is 55.7. The van der Waals surface area contributed by atoms with E-state index < -0.39 is 17.6 Å². The zero-order chi connectivity index (χ0) is 14.8. The van der Waals surface area contributed by atoms with Gasteiger partial charge < -0.3 is 4.74 Å². The number of rotatable bonds is 3. The highest BCUT2D eigenvalue weighted by atomic mass is 35.5. The number of alkyl halides is 3. The van der Waals surface area contributed by atoms with Gasteiger partial charge in [0.2, 0.25) is 11.2 Å². The van der Waals surface area contributed by atoms with Gasteiger partial charge in [-0.2, -0.15) is 18.2 Å². The molecule has 0 aliphatic rings. The smallest absolute Gasteiger partial charge is 0.416 e. The molecule has 0 radical (unpaired) electrons. The van der Waals surface area contributed by atoms with Crippen LogP contribution in [-0.4, -0.2) is 9.97 Å². The Bertz CT molecular complexity index is 619. The van der Waals surface area contributed by atoms with Crippen molar-refractivity contribution in [1.82, 2.24) is 9.97 Å². The second-order valence-corrected chi connectivity index (χ2v) is 4.09. The van der Waals surface area contributed by atoms with Crippen molar-refractivity contribution < 1.29 is 22.3 Å². The third kappa shape index (κ3) is 3.57. The van der Waals surface area contributed by atoms with Crippen LogP contribution in [0.4, 0.5) is 17.6 Å². The summed E-state index contributed by atoms with van der Waals surface area (Å²) in [4.78, 5) is 7.33. The first-order chi connectivity index (χ1) is 9.36. The summed E-state index contributed by atoms with van der Waals surface area (Å²) in [5.41, 5.74) is -1.07. The predicted octanol–water partition coefficient (Wildman–Crippen LogP) is 3.87. The van der Waals surface area contributed by atoms with E-state index in [1.807, 2.05) is 0 Å². The first-order valence-corrected chi connectivity index (χ1v) is 5.71. The maximum absolute atomic E-state index is 13.5. The van der Waals surface area contributed by atoms with E-state index in [1.165, 1.54) is 12.3 Å². The first kappa shape index (κ1) is 14.5. The fourth-order valence-corrected chi connectivity index (χ4v) is 1.53. The monoisotopic (exact) mass is 306 g/mol. The van der Waals surface area contributed by atoms with Gasteiger partial charge in [-0.1, -0.05) is 6.07 Å². The molecule has 0 unspecified atom stereocenters. The molecule has 0 N–H and O–H groups in total. The second kappa shape index (κ2) is 5.62. The van der Waals surface area contributed by atoms with Crippen LogP contribution < -0.4 is 4.74 Å². The number of benzene rings is 1. The van der Waals surface area contributed by atoms with Crippen LogP contribution in [0.5, 0.6) is 5.88 Å². The molecule has 0 saturated carbocycles. The Morgan fingerprint density at radius 3 is 2.55 bits per heavy atom. The lowest BCUT2D eigenvalue weighted by molar-refractivity contribution is -0.137. The van der Waals surface area contributed by atoms with Crippen LogP contribution in [0.3, 0.4) is 0 Å². The molecule has 0 saturated heterocycles. The summed E-state index contributed by atoms with van der Waals surface area (Å²) in [5, 5.41) is -0.0459. The standard InChI is InChI=1S/C12H7ClF4N2O/c13-11-18-4-3-10(19-11)20-6-7-1-2-8(5-9(7)14)12(15,16)17/h1-5H,6H2. The van der Waals surface area contributed by atoms with E-state index in [4.69, 9.17) is 16.3 Å². The van der Waals surface area contributed by atoms with Crippen molar-refractivity contribution in [3.05, 3.63) is 52.7 Å². The number of nitrogens with zero attached hydrogens (tertiary/aromatic N) is 2. The van der Waals surface area contributed by atoms with Crippen LogP contribution in [0, 0.1) is 5.82 Å². The number of hydrogen-bond acceptors (Lipinski definition) is 3. The quantitative estimate of drug-likeness (QED) is 0.638. The molecule has 0 spiro atoms. The van der Waals surface area contributed by atoms with E-state index in [1.54, 1.807) is 0 Å². The van der Waals surface area contributed by atoms with Crippen molar-refractivity contribution >= 4 is 11.6 Å². The van der Waals surface area contributed by atoms with Crippen LogP contribution in [0.25, 0.3) is 0 Å². The Balaban J connectivity index is 2.11. The molecule has 3 nitrogen and oxygen atoms in total. The Morgan fingerprint density at radius 1 is 1.20 bits per heavy atom. The third-order valence-corrected chi connectivity index (χ3v) is 2.54. The molecule has 0 aliphatic heterocycles. The Kier molecular flexibility index (Phi) is 4.08. The average Bonchev–Trinajstić information content (AvgIpc) is 2.36. The molecule has 2 aromatic rings. The number of ether oxygens (including phenoxy) is 1. The topological polar surface area (TPSA) is 35.0 Å². The highest BCUT2D eigenvalue weighted by molar-refractivity contribution is 6.28. The lowest BCUT2D eigenvalue weighted by atomic mass is 10.1. The van der Waals surface area contributed by atoms with Gasteiger partial charge in [0.15, 0.2) is 0 Å². The summed E-state index contributed by atoms with van der Waals surface area (Å²) in [6.07, 6.45) is -3.24. The van der Waals surface area contributed by atoms with Crippen molar-refractivity contribution in [3.63, 3.8) is 0 Å². The third-order valence-electron chi connectivity index (χ3n) is 2.36. The van der Waals surface area contributed by atoms with E-state index in [0.717, 1.165) is 12.1 Å². The number of aromatic nitrogens is 2. The average molecular weight is 307 g/mol. The minimum Gasteiger partial charge on any atom is -0.473 e. The molecule has 1 aromatic carbocycles. The molecule has 0 bridgehead atoms. The summed E-state index contributed by atoms with van der Waals surface area (Å²) in [7, 11) is 0. The highest BCUT2D eigenvalue weighted by Gasteiger charge is 2.31. The van der Waals surface area contributed by atoms with Crippen molar-refractivity contribution in [2.45, 2.75) is 12.8 Å². The molecule has 0 amide bonds. The van der Waals surface area contributed by atoms with E-state index in [9.17, 15) is 17.6 Å². The highest BCUT2D eigenvalue weighted by Crippen LogP contribution is 2.30. The van der Waals surface area contributed by atoms with Gasteiger partial charge in [0.05, 0.1) is 5.56 Å². The molecule has 20 heavy (non-hydrogen) atoms. The molecule has 8 heteroatoms. The molecular formula is C12H7ClF4N2O. The molecule has 2 rings (SSSR count). The van der Waals surface area contributed by atoms with Crippen molar-refractivity contribution in [1.29, 1.82) is 0 Å². The Labute approximate surface area is 116 Å². The second-order valence-electron chi connectivity index (χ2n) is 3.76. The summed E-state index contributed by atoms with van der Waals surface area (Å²) in [6.45, 7) is -0.267. The van der Waals surface area contributed by atoms with E-state index >= 15 is 0 Å². The molecule has 106 valence electrons.